The Bertz CT molecular complexity index is 119. The van der Waals surface area contributed by atoms with E-state index in [0.717, 1.165) is 11.8 Å². The highest BCUT2D eigenvalue weighted by molar-refractivity contribution is 4.81. The van der Waals surface area contributed by atoms with E-state index in [9.17, 15) is 0 Å². The molecule has 0 spiro atoms. The summed E-state index contributed by atoms with van der Waals surface area (Å²) in [6, 6.07) is 0.584. The fourth-order valence-electron chi connectivity index (χ4n) is 1.81. The van der Waals surface area contributed by atoms with Crippen molar-refractivity contribution >= 4 is 0 Å². The van der Waals surface area contributed by atoms with Crippen molar-refractivity contribution in [2.24, 2.45) is 17.7 Å². The Hall–Kier alpha value is -0.0800. The third-order valence-electron chi connectivity index (χ3n) is 2.99. The van der Waals surface area contributed by atoms with Crippen molar-refractivity contribution in [3.63, 3.8) is 0 Å². The summed E-state index contributed by atoms with van der Waals surface area (Å²) in [6.07, 6.45) is 6.72. The van der Waals surface area contributed by atoms with Crippen molar-refractivity contribution in [3.05, 3.63) is 0 Å². The van der Waals surface area contributed by atoms with Crippen LogP contribution in [-0.2, 0) is 0 Å². The van der Waals surface area contributed by atoms with Crippen LogP contribution in [0.5, 0.6) is 0 Å². The molecule has 3 N–H and O–H groups in total. The molecule has 0 aromatic carbocycles. The lowest BCUT2D eigenvalue weighted by atomic mass is 9.78. The maximum atomic E-state index is 5.52. The standard InChI is InChI=1S/C10H22N2/c1-8(2)6-7-10(12-11)9-4-3-5-9/h8-10,12H,3-7,11H2,1-2H3. The second kappa shape index (κ2) is 4.83. The lowest BCUT2D eigenvalue weighted by Gasteiger charge is -2.33. The maximum Gasteiger partial charge on any atom is 0.0238 e. The predicted molar refractivity (Wildman–Crippen MR) is 52.5 cm³/mol. The van der Waals surface area contributed by atoms with Gasteiger partial charge in [0.25, 0.3) is 0 Å². The van der Waals surface area contributed by atoms with Gasteiger partial charge in [0.2, 0.25) is 0 Å². The van der Waals surface area contributed by atoms with Crippen LogP contribution < -0.4 is 11.3 Å². The Morgan fingerprint density at radius 2 is 2.00 bits per heavy atom. The smallest absolute Gasteiger partial charge is 0.0238 e. The van der Waals surface area contributed by atoms with Crippen molar-refractivity contribution < 1.29 is 0 Å². The van der Waals surface area contributed by atoms with Gasteiger partial charge in [0.15, 0.2) is 0 Å². The van der Waals surface area contributed by atoms with E-state index in [1.54, 1.807) is 0 Å². The summed E-state index contributed by atoms with van der Waals surface area (Å²) < 4.78 is 0. The zero-order valence-corrected chi connectivity index (χ0v) is 8.34. The fraction of sp³-hybridized carbons (Fsp3) is 1.00. The molecule has 0 amide bonds. The zero-order valence-electron chi connectivity index (χ0n) is 8.34. The third-order valence-corrected chi connectivity index (χ3v) is 2.99. The van der Waals surface area contributed by atoms with Crippen LogP contribution in [0.4, 0.5) is 0 Å². The monoisotopic (exact) mass is 170 g/mol. The fourth-order valence-corrected chi connectivity index (χ4v) is 1.81. The molecule has 0 radical (unpaired) electrons. The first-order chi connectivity index (χ1) is 5.74. The molecule has 1 atom stereocenters. The Morgan fingerprint density at radius 1 is 1.33 bits per heavy atom. The Kier molecular flexibility index (Phi) is 4.02. The van der Waals surface area contributed by atoms with Gasteiger partial charge in [0.05, 0.1) is 0 Å². The summed E-state index contributed by atoms with van der Waals surface area (Å²) in [5.41, 5.74) is 2.96. The Balaban J connectivity index is 2.15. The average molecular weight is 170 g/mol. The minimum Gasteiger partial charge on any atom is -0.271 e. The molecule has 1 aliphatic rings. The molecule has 0 heterocycles. The molecule has 1 fully saturated rings. The second-order valence-corrected chi connectivity index (χ2v) is 4.44. The van der Waals surface area contributed by atoms with Crippen LogP contribution in [-0.4, -0.2) is 6.04 Å². The van der Waals surface area contributed by atoms with Gasteiger partial charge in [-0.1, -0.05) is 20.3 Å². The first kappa shape index (κ1) is 10.0. The van der Waals surface area contributed by atoms with Gasteiger partial charge in [-0.15, -0.1) is 0 Å². The summed E-state index contributed by atoms with van der Waals surface area (Å²) in [4.78, 5) is 0. The highest BCUT2D eigenvalue weighted by atomic mass is 15.2. The van der Waals surface area contributed by atoms with Gasteiger partial charge in [-0.25, -0.2) is 0 Å². The van der Waals surface area contributed by atoms with Crippen LogP contribution in [0.2, 0.25) is 0 Å². The average Bonchev–Trinajstić information content (AvgIpc) is 1.93. The lowest BCUT2D eigenvalue weighted by Crippen LogP contribution is -2.43. The number of hydrogen-bond donors (Lipinski definition) is 2. The summed E-state index contributed by atoms with van der Waals surface area (Å²) in [5.74, 6) is 7.19. The normalized spacial score (nSPS) is 21.0. The van der Waals surface area contributed by atoms with Crippen molar-refractivity contribution in [1.82, 2.24) is 5.43 Å². The highest BCUT2D eigenvalue weighted by Crippen LogP contribution is 2.31. The van der Waals surface area contributed by atoms with Gasteiger partial charge in [0.1, 0.15) is 0 Å². The van der Waals surface area contributed by atoms with Crippen molar-refractivity contribution in [3.8, 4) is 0 Å². The van der Waals surface area contributed by atoms with Crippen molar-refractivity contribution in [1.29, 1.82) is 0 Å². The summed E-state index contributed by atoms with van der Waals surface area (Å²) in [5, 5.41) is 0. The summed E-state index contributed by atoms with van der Waals surface area (Å²) in [7, 11) is 0. The maximum absolute atomic E-state index is 5.52. The van der Waals surface area contributed by atoms with Gasteiger partial charge >= 0.3 is 0 Å². The van der Waals surface area contributed by atoms with E-state index in [4.69, 9.17) is 5.84 Å². The second-order valence-electron chi connectivity index (χ2n) is 4.44. The SMILES string of the molecule is CC(C)CCC(NN)C1CCC1. The molecular formula is C10H22N2. The van der Waals surface area contributed by atoms with Crippen LogP contribution in [0.1, 0.15) is 46.0 Å². The van der Waals surface area contributed by atoms with Gasteiger partial charge in [-0.2, -0.15) is 0 Å². The topological polar surface area (TPSA) is 38.0 Å². The third kappa shape index (κ3) is 2.76. The lowest BCUT2D eigenvalue weighted by molar-refractivity contribution is 0.213. The molecule has 1 aliphatic carbocycles. The molecule has 0 aromatic rings. The molecular weight excluding hydrogens is 148 g/mol. The number of hydrogen-bond acceptors (Lipinski definition) is 2. The Morgan fingerprint density at radius 3 is 2.33 bits per heavy atom. The van der Waals surface area contributed by atoms with Crippen LogP contribution in [0, 0.1) is 11.8 Å². The molecule has 12 heavy (non-hydrogen) atoms. The van der Waals surface area contributed by atoms with Crippen molar-refractivity contribution in [2.75, 3.05) is 0 Å². The molecule has 72 valence electrons. The molecule has 2 nitrogen and oxygen atoms in total. The van der Waals surface area contributed by atoms with Crippen LogP contribution in [0.25, 0.3) is 0 Å². The first-order valence-corrected chi connectivity index (χ1v) is 5.20. The molecule has 1 unspecified atom stereocenters. The van der Waals surface area contributed by atoms with Gasteiger partial charge in [-0.3, -0.25) is 11.3 Å². The molecule has 0 bridgehead atoms. The van der Waals surface area contributed by atoms with E-state index in [0.29, 0.717) is 6.04 Å². The highest BCUT2D eigenvalue weighted by Gasteiger charge is 2.25. The molecule has 0 aliphatic heterocycles. The number of nitrogens with two attached hydrogens (primary N) is 1. The van der Waals surface area contributed by atoms with Gasteiger partial charge < -0.3 is 0 Å². The van der Waals surface area contributed by atoms with Crippen LogP contribution in [0.15, 0.2) is 0 Å². The zero-order chi connectivity index (χ0) is 8.97. The minimum atomic E-state index is 0.584. The van der Waals surface area contributed by atoms with Crippen molar-refractivity contribution in [2.45, 2.75) is 52.0 Å². The first-order valence-electron chi connectivity index (χ1n) is 5.20. The minimum absolute atomic E-state index is 0.584. The van der Waals surface area contributed by atoms with Gasteiger partial charge in [0, 0.05) is 6.04 Å². The molecule has 1 saturated carbocycles. The van der Waals surface area contributed by atoms with E-state index in [-0.39, 0.29) is 0 Å². The summed E-state index contributed by atoms with van der Waals surface area (Å²) in [6.45, 7) is 4.54. The number of nitrogens with one attached hydrogen (secondary N) is 1. The largest absolute Gasteiger partial charge is 0.271 e. The van der Waals surface area contributed by atoms with E-state index < -0.39 is 0 Å². The predicted octanol–water partition coefficient (Wildman–Crippen LogP) is 2.05. The van der Waals surface area contributed by atoms with E-state index >= 15 is 0 Å². The van der Waals surface area contributed by atoms with Crippen LogP contribution in [0.3, 0.4) is 0 Å². The number of hydrazine groups is 1. The Labute approximate surface area is 75.9 Å². The molecule has 0 aromatic heterocycles. The quantitative estimate of drug-likeness (QED) is 0.489. The van der Waals surface area contributed by atoms with Crippen LogP contribution >= 0.6 is 0 Å². The van der Waals surface area contributed by atoms with E-state index in [1.807, 2.05) is 0 Å². The van der Waals surface area contributed by atoms with E-state index in [1.165, 1.54) is 32.1 Å². The summed E-state index contributed by atoms with van der Waals surface area (Å²) >= 11 is 0. The van der Waals surface area contributed by atoms with E-state index in [2.05, 4.69) is 19.3 Å². The molecule has 1 rings (SSSR count). The van der Waals surface area contributed by atoms with Gasteiger partial charge in [-0.05, 0) is 37.5 Å². The molecule has 2 heteroatoms. The number of rotatable bonds is 5. The molecule has 0 saturated heterocycles.